The van der Waals surface area contributed by atoms with Crippen molar-refractivity contribution < 1.29 is 0 Å². The lowest BCUT2D eigenvalue weighted by molar-refractivity contribution is 0.110. The summed E-state index contributed by atoms with van der Waals surface area (Å²) in [5, 5.41) is 1.23. The number of pyridine rings is 1. The molecule has 0 bridgehead atoms. The minimum atomic E-state index is 0.671. The smallest absolute Gasteiger partial charge is 0.0704 e. The number of hydrogen-bond donors (Lipinski definition) is 0. The lowest BCUT2D eigenvalue weighted by Gasteiger charge is -2.42. The molecule has 0 amide bonds. The average molecular weight is 226 g/mol. The number of benzene rings is 1. The number of nitrogens with zero attached hydrogens (tertiary/aromatic N) is 2. The molecule has 0 aliphatic carbocycles. The third kappa shape index (κ3) is 1.93. The summed E-state index contributed by atoms with van der Waals surface area (Å²) >= 11 is 0. The molecule has 17 heavy (non-hydrogen) atoms. The molecule has 1 aliphatic rings. The van der Waals surface area contributed by atoms with E-state index in [4.69, 9.17) is 0 Å². The summed E-state index contributed by atoms with van der Waals surface area (Å²) in [5.74, 6) is 0.698. The SMILES string of the molecule is CC(C)N1CC(c2ccc3cccnc3c2)C1. The van der Waals surface area contributed by atoms with Crippen molar-refractivity contribution in [1.29, 1.82) is 0 Å². The summed E-state index contributed by atoms with van der Waals surface area (Å²) < 4.78 is 0. The van der Waals surface area contributed by atoms with Gasteiger partial charge in [0.1, 0.15) is 0 Å². The molecule has 88 valence electrons. The lowest BCUT2D eigenvalue weighted by atomic mass is 9.90. The highest BCUT2D eigenvalue weighted by atomic mass is 15.2. The van der Waals surface area contributed by atoms with E-state index in [1.165, 1.54) is 24.0 Å². The van der Waals surface area contributed by atoms with E-state index in [-0.39, 0.29) is 0 Å². The van der Waals surface area contributed by atoms with Gasteiger partial charge in [0.2, 0.25) is 0 Å². The first-order valence-corrected chi connectivity index (χ1v) is 6.33. The monoisotopic (exact) mass is 226 g/mol. The predicted molar refractivity (Wildman–Crippen MR) is 71.2 cm³/mol. The van der Waals surface area contributed by atoms with Crippen LogP contribution in [0.2, 0.25) is 0 Å². The van der Waals surface area contributed by atoms with Crippen molar-refractivity contribution in [3.8, 4) is 0 Å². The number of fused-ring (bicyclic) bond motifs is 1. The Labute approximate surface area is 102 Å². The fourth-order valence-corrected chi connectivity index (χ4v) is 2.48. The Morgan fingerprint density at radius 1 is 1.24 bits per heavy atom. The molecule has 0 radical (unpaired) electrons. The summed E-state index contributed by atoms with van der Waals surface area (Å²) in [6.45, 7) is 6.91. The standard InChI is InChI=1S/C15H18N2/c1-11(2)17-9-14(10-17)13-6-5-12-4-3-7-16-15(12)8-13/h3-8,11,14H,9-10H2,1-2H3. The normalized spacial score (nSPS) is 17.6. The topological polar surface area (TPSA) is 16.1 Å². The Balaban J connectivity index is 1.83. The van der Waals surface area contributed by atoms with Crippen molar-refractivity contribution in [1.82, 2.24) is 9.88 Å². The van der Waals surface area contributed by atoms with Gasteiger partial charge in [-0.05, 0) is 31.5 Å². The van der Waals surface area contributed by atoms with E-state index in [1.54, 1.807) is 0 Å². The van der Waals surface area contributed by atoms with Crippen LogP contribution in [0.1, 0.15) is 25.3 Å². The molecule has 2 aromatic rings. The van der Waals surface area contributed by atoms with Gasteiger partial charge in [-0.2, -0.15) is 0 Å². The predicted octanol–water partition coefficient (Wildman–Crippen LogP) is 3.04. The zero-order valence-electron chi connectivity index (χ0n) is 10.4. The van der Waals surface area contributed by atoms with E-state index in [0.717, 1.165) is 5.52 Å². The van der Waals surface area contributed by atoms with Crippen molar-refractivity contribution in [3.05, 3.63) is 42.1 Å². The summed E-state index contributed by atoms with van der Waals surface area (Å²) in [6, 6.07) is 11.5. The Bertz CT molecular complexity index is 527. The Hall–Kier alpha value is -1.41. The molecule has 2 heteroatoms. The van der Waals surface area contributed by atoms with E-state index in [0.29, 0.717) is 12.0 Å². The third-order valence-electron chi connectivity index (χ3n) is 3.74. The highest BCUT2D eigenvalue weighted by Crippen LogP contribution is 2.29. The Kier molecular flexibility index (Phi) is 2.60. The van der Waals surface area contributed by atoms with Crippen LogP contribution in [-0.4, -0.2) is 29.0 Å². The maximum Gasteiger partial charge on any atom is 0.0704 e. The molecule has 1 saturated heterocycles. The van der Waals surface area contributed by atoms with Crippen LogP contribution in [0.4, 0.5) is 0 Å². The first-order chi connectivity index (χ1) is 8.24. The van der Waals surface area contributed by atoms with Gasteiger partial charge in [0.15, 0.2) is 0 Å². The van der Waals surface area contributed by atoms with Gasteiger partial charge < -0.3 is 0 Å². The highest BCUT2D eigenvalue weighted by molar-refractivity contribution is 5.79. The van der Waals surface area contributed by atoms with Crippen molar-refractivity contribution in [2.45, 2.75) is 25.8 Å². The van der Waals surface area contributed by atoms with E-state index >= 15 is 0 Å². The molecule has 2 nitrogen and oxygen atoms in total. The molecule has 1 aromatic carbocycles. The largest absolute Gasteiger partial charge is 0.300 e. The van der Waals surface area contributed by atoms with Gasteiger partial charge in [-0.3, -0.25) is 9.88 Å². The molecule has 0 N–H and O–H groups in total. The van der Waals surface area contributed by atoms with E-state index in [1.807, 2.05) is 12.3 Å². The number of aromatic nitrogens is 1. The number of hydrogen-bond acceptors (Lipinski definition) is 2. The van der Waals surface area contributed by atoms with Gasteiger partial charge in [-0.1, -0.05) is 18.2 Å². The van der Waals surface area contributed by atoms with Crippen LogP contribution in [0.15, 0.2) is 36.5 Å². The summed E-state index contributed by atoms with van der Waals surface area (Å²) in [6.07, 6.45) is 1.87. The second-order valence-electron chi connectivity index (χ2n) is 5.20. The first-order valence-electron chi connectivity index (χ1n) is 6.33. The van der Waals surface area contributed by atoms with Gasteiger partial charge in [0.25, 0.3) is 0 Å². The molecule has 0 unspecified atom stereocenters. The zero-order chi connectivity index (χ0) is 11.8. The molecule has 0 saturated carbocycles. The second-order valence-corrected chi connectivity index (χ2v) is 5.20. The van der Waals surface area contributed by atoms with Crippen molar-refractivity contribution in [2.24, 2.45) is 0 Å². The summed E-state index contributed by atoms with van der Waals surface area (Å²) in [7, 11) is 0. The molecule has 2 heterocycles. The summed E-state index contributed by atoms with van der Waals surface area (Å²) in [5.41, 5.74) is 2.56. The van der Waals surface area contributed by atoms with Crippen LogP contribution < -0.4 is 0 Å². The van der Waals surface area contributed by atoms with Gasteiger partial charge in [-0.15, -0.1) is 0 Å². The molecule has 3 rings (SSSR count). The van der Waals surface area contributed by atoms with E-state index < -0.39 is 0 Å². The van der Waals surface area contributed by atoms with Crippen LogP contribution in [0.3, 0.4) is 0 Å². The Morgan fingerprint density at radius 3 is 2.82 bits per heavy atom. The highest BCUT2D eigenvalue weighted by Gasteiger charge is 2.29. The van der Waals surface area contributed by atoms with Crippen molar-refractivity contribution in [2.75, 3.05) is 13.1 Å². The van der Waals surface area contributed by atoms with Gasteiger partial charge >= 0.3 is 0 Å². The van der Waals surface area contributed by atoms with Crippen LogP contribution in [0, 0.1) is 0 Å². The fourth-order valence-electron chi connectivity index (χ4n) is 2.48. The lowest BCUT2D eigenvalue weighted by Crippen LogP contribution is -2.48. The number of rotatable bonds is 2. The fraction of sp³-hybridized carbons (Fsp3) is 0.400. The zero-order valence-corrected chi connectivity index (χ0v) is 10.4. The van der Waals surface area contributed by atoms with Gasteiger partial charge in [-0.25, -0.2) is 0 Å². The molecule has 1 aromatic heterocycles. The first kappa shape index (κ1) is 10.7. The molecule has 0 spiro atoms. The van der Waals surface area contributed by atoms with Crippen molar-refractivity contribution >= 4 is 10.9 Å². The molecular weight excluding hydrogens is 208 g/mol. The number of likely N-dealkylation sites (tertiary alicyclic amines) is 1. The molecular formula is C15H18N2. The minimum absolute atomic E-state index is 0.671. The van der Waals surface area contributed by atoms with Crippen LogP contribution in [-0.2, 0) is 0 Å². The quantitative estimate of drug-likeness (QED) is 0.782. The average Bonchev–Trinajstić information content (AvgIpc) is 2.26. The van der Waals surface area contributed by atoms with Gasteiger partial charge in [0, 0.05) is 36.6 Å². The maximum atomic E-state index is 4.42. The van der Waals surface area contributed by atoms with Crippen molar-refractivity contribution in [3.63, 3.8) is 0 Å². The second kappa shape index (κ2) is 4.11. The van der Waals surface area contributed by atoms with Crippen LogP contribution in [0.25, 0.3) is 10.9 Å². The molecule has 1 fully saturated rings. The van der Waals surface area contributed by atoms with Gasteiger partial charge in [0.05, 0.1) is 5.52 Å². The van der Waals surface area contributed by atoms with E-state index in [9.17, 15) is 0 Å². The van der Waals surface area contributed by atoms with E-state index in [2.05, 4.69) is 48.0 Å². The maximum absolute atomic E-state index is 4.42. The summed E-state index contributed by atoms with van der Waals surface area (Å²) in [4.78, 5) is 6.93. The minimum Gasteiger partial charge on any atom is -0.300 e. The Morgan fingerprint density at radius 2 is 2.06 bits per heavy atom. The van der Waals surface area contributed by atoms with Crippen LogP contribution in [0.5, 0.6) is 0 Å². The third-order valence-corrected chi connectivity index (χ3v) is 3.74. The van der Waals surface area contributed by atoms with Crippen LogP contribution >= 0.6 is 0 Å². The molecule has 1 aliphatic heterocycles. The molecule has 0 atom stereocenters.